The third kappa shape index (κ3) is 8.79. The van der Waals surface area contributed by atoms with Gasteiger partial charge < -0.3 is 25.8 Å². The van der Waals surface area contributed by atoms with E-state index in [0.717, 1.165) is 10.6 Å². The molecule has 6 rings (SSSR count). The molecule has 3 unspecified atom stereocenters. The fraction of sp³-hybridized carbons (Fsp3) is 0.211. The highest BCUT2D eigenvalue weighted by Crippen LogP contribution is 2.53. The van der Waals surface area contributed by atoms with Gasteiger partial charge in [0, 0.05) is 64.7 Å². The van der Waals surface area contributed by atoms with Gasteiger partial charge in [-0.15, -0.1) is 4.33 Å². The zero-order chi connectivity index (χ0) is 40.0. The van der Waals surface area contributed by atoms with Gasteiger partial charge in [0.05, 0.1) is 18.4 Å². The van der Waals surface area contributed by atoms with Crippen molar-refractivity contribution in [2.75, 3.05) is 25.9 Å². The first-order chi connectivity index (χ1) is 26.9. The normalized spacial score (nSPS) is 16.6. The highest BCUT2D eigenvalue weighted by Gasteiger charge is 2.47. The van der Waals surface area contributed by atoms with Crippen LogP contribution in [0.3, 0.4) is 0 Å². The Morgan fingerprint density at radius 2 is 1.64 bits per heavy atom. The number of esters is 2. The van der Waals surface area contributed by atoms with E-state index in [1.807, 2.05) is 60.7 Å². The molecule has 0 saturated heterocycles. The number of nitrogens with one attached hydrogen (secondary N) is 2. The number of hydrogen-bond acceptors (Lipinski definition) is 13. The van der Waals surface area contributed by atoms with Crippen molar-refractivity contribution in [2.24, 2.45) is 5.92 Å². The van der Waals surface area contributed by atoms with E-state index in [2.05, 4.69) is 15.7 Å². The fourth-order valence-electron chi connectivity index (χ4n) is 6.87. The Morgan fingerprint density at radius 3 is 2.27 bits per heavy atom. The van der Waals surface area contributed by atoms with Crippen LogP contribution in [0.2, 0.25) is 0 Å². The number of rotatable bonds is 15. The number of nitrogens with two attached hydrogens (primary N) is 1. The van der Waals surface area contributed by atoms with Crippen LogP contribution in [0.15, 0.2) is 108 Å². The van der Waals surface area contributed by atoms with Crippen molar-refractivity contribution in [1.82, 2.24) is 10.6 Å². The van der Waals surface area contributed by atoms with E-state index in [4.69, 9.17) is 24.8 Å². The molecule has 3 atom stereocenters. The summed E-state index contributed by atoms with van der Waals surface area (Å²) in [5, 5.41) is 20.1. The predicted octanol–water partition coefficient (Wildman–Crippen LogP) is 3.38. The minimum atomic E-state index is -4.89. The summed E-state index contributed by atoms with van der Waals surface area (Å²) in [5.41, 5.74) is 6.60. The van der Waals surface area contributed by atoms with Crippen LogP contribution in [0.5, 0.6) is 5.75 Å². The topological polar surface area (TPSA) is 230 Å². The van der Waals surface area contributed by atoms with Gasteiger partial charge in [0.25, 0.3) is 16.0 Å². The van der Waals surface area contributed by atoms with Crippen LogP contribution in [0.1, 0.15) is 45.0 Å². The van der Waals surface area contributed by atoms with Gasteiger partial charge in [-0.3, -0.25) is 14.1 Å². The van der Waals surface area contributed by atoms with Gasteiger partial charge in [-0.05, 0) is 55.1 Å². The number of nitrogen functional groups attached to an aromatic ring is 1. The molecular formula is C38H36N3O12PS2. The SMILES string of the molecule is COC(=O)c1ccc(C(=O)NCCNC(=O)CC(SOOO)C2CC=C3C(=O)Oc4c(ccc(N)c4S(=O)(=O)O)C32)cc1P(c1ccccc1)c1ccccc1. The Morgan fingerprint density at radius 1 is 0.982 bits per heavy atom. The maximum absolute atomic E-state index is 13.4. The monoisotopic (exact) mass is 821 g/mol. The molecule has 292 valence electrons. The Labute approximate surface area is 327 Å². The maximum atomic E-state index is 13.4. The summed E-state index contributed by atoms with van der Waals surface area (Å²) in [6.07, 6.45) is 1.64. The minimum absolute atomic E-state index is 0.0247. The molecule has 0 saturated carbocycles. The zero-order valence-corrected chi connectivity index (χ0v) is 32.1. The molecule has 2 aliphatic rings. The smallest absolute Gasteiger partial charge is 0.339 e. The van der Waals surface area contributed by atoms with E-state index in [9.17, 15) is 32.1 Å². The first kappa shape index (κ1) is 40.5. The first-order valence-electron chi connectivity index (χ1n) is 17.1. The number of benzene rings is 4. The van der Waals surface area contributed by atoms with E-state index in [1.54, 1.807) is 18.2 Å². The van der Waals surface area contributed by atoms with Crippen LogP contribution in [0.4, 0.5) is 5.69 Å². The molecule has 15 nitrogen and oxygen atoms in total. The summed E-state index contributed by atoms with van der Waals surface area (Å²) in [7, 11) is -4.85. The van der Waals surface area contributed by atoms with Crippen LogP contribution in [-0.4, -0.2) is 67.4 Å². The second-order valence-electron chi connectivity index (χ2n) is 12.6. The molecule has 2 amide bonds. The van der Waals surface area contributed by atoms with Gasteiger partial charge in [-0.1, -0.05) is 77.8 Å². The number of carbonyl (C=O) groups is 4. The summed E-state index contributed by atoms with van der Waals surface area (Å²) in [5.74, 6) is -4.04. The Bertz CT molecular complexity index is 2240. The number of allylic oxidation sites excluding steroid dienone is 1. The second-order valence-corrected chi connectivity index (χ2v) is 17.1. The van der Waals surface area contributed by atoms with E-state index in [0.29, 0.717) is 28.5 Å². The fourth-order valence-corrected chi connectivity index (χ4v) is 10.9. The number of fused-ring (bicyclic) bond motifs is 3. The standard InChI is InChI=1S/C38H36N3O12PS2/c1-50-37(44)25-13-12-22(20-30(25)54(23-8-4-2-5-9-23)24-10-6-3-7-11-24)36(43)41-19-18-40-32(42)21-31(55-53-52-46)26-14-15-28-33(26)27-16-17-29(39)35(56(47,48)49)34(27)51-38(28)45/h2-13,15-17,20,26,31,33,46H,14,18-19,21,39H2,1H3,(H,40,42)(H,41,43)(H,47,48,49). The van der Waals surface area contributed by atoms with E-state index < -0.39 is 69.5 Å². The molecule has 1 aliphatic heterocycles. The van der Waals surface area contributed by atoms with Crippen LogP contribution in [-0.2, 0) is 33.8 Å². The molecule has 1 heterocycles. The van der Waals surface area contributed by atoms with Crippen molar-refractivity contribution < 1.29 is 56.3 Å². The first-order valence-corrected chi connectivity index (χ1v) is 20.6. The van der Waals surface area contributed by atoms with Crippen LogP contribution in [0.25, 0.3) is 0 Å². The van der Waals surface area contributed by atoms with Crippen molar-refractivity contribution in [3.05, 3.63) is 119 Å². The lowest BCUT2D eigenvalue weighted by molar-refractivity contribution is -0.432. The van der Waals surface area contributed by atoms with Gasteiger partial charge in [0.1, 0.15) is 0 Å². The molecule has 6 N–H and O–H groups in total. The third-order valence-corrected chi connectivity index (χ3v) is 13.6. The lowest BCUT2D eigenvalue weighted by atomic mass is 9.80. The summed E-state index contributed by atoms with van der Waals surface area (Å²) < 4.78 is 49.3. The molecule has 4 aromatic carbocycles. The molecule has 0 radical (unpaired) electrons. The molecule has 4 aromatic rings. The van der Waals surface area contributed by atoms with Gasteiger partial charge >= 0.3 is 11.9 Å². The minimum Gasteiger partial charge on any atom is -0.465 e. The van der Waals surface area contributed by atoms with Gasteiger partial charge in [-0.2, -0.15) is 8.42 Å². The molecule has 0 fully saturated rings. The molecule has 56 heavy (non-hydrogen) atoms. The molecular weight excluding hydrogens is 786 g/mol. The van der Waals surface area contributed by atoms with Gasteiger partial charge in [-0.25, -0.2) is 14.8 Å². The Kier molecular flexibility index (Phi) is 12.9. The predicted molar refractivity (Wildman–Crippen MR) is 208 cm³/mol. The number of methoxy groups -OCH3 is 1. The average Bonchev–Trinajstić information content (AvgIpc) is 3.64. The maximum Gasteiger partial charge on any atom is 0.339 e. The third-order valence-electron chi connectivity index (χ3n) is 9.29. The van der Waals surface area contributed by atoms with Crippen molar-refractivity contribution in [2.45, 2.75) is 28.9 Å². The number of anilines is 1. The summed E-state index contributed by atoms with van der Waals surface area (Å²) in [4.78, 5) is 51.8. The van der Waals surface area contributed by atoms with Crippen molar-refractivity contribution in [3.8, 4) is 5.75 Å². The quantitative estimate of drug-likeness (QED) is 0.0133. The van der Waals surface area contributed by atoms with Crippen LogP contribution >= 0.6 is 20.0 Å². The molecule has 0 spiro atoms. The highest BCUT2D eigenvalue weighted by atomic mass is 32.2. The molecule has 0 aromatic heterocycles. The average molecular weight is 822 g/mol. The molecule has 0 bridgehead atoms. The largest absolute Gasteiger partial charge is 0.465 e. The Balaban J connectivity index is 1.14. The lowest BCUT2D eigenvalue weighted by Gasteiger charge is -2.32. The molecule has 18 heteroatoms. The van der Waals surface area contributed by atoms with Crippen molar-refractivity contribution in [1.29, 1.82) is 0 Å². The summed E-state index contributed by atoms with van der Waals surface area (Å²) in [6.45, 7) is 0.0621. The van der Waals surface area contributed by atoms with Crippen molar-refractivity contribution in [3.63, 3.8) is 0 Å². The zero-order valence-electron chi connectivity index (χ0n) is 29.6. The van der Waals surface area contributed by atoms with E-state index in [-0.39, 0.29) is 42.8 Å². The number of carbonyl (C=O) groups excluding carboxylic acids is 4. The second kappa shape index (κ2) is 17.8. The number of hydrogen-bond donors (Lipinski definition) is 5. The van der Waals surface area contributed by atoms with Gasteiger partial charge in [0.15, 0.2) is 10.6 Å². The van der Waals surface area contributed by atoms with E-state index in [1.165, 1.54) is 25.3 Å². The van der Waals surface area contributed by atoms with Crippen molar-refractivity contribution >= 4 is 75.4 Å². The number of ether oxygens (including phenoxy) is 2. The molecule has 1 aliphatic carbocycles. The van der Waals surface area contributed by atoms with E-state index >= 15 is 0 Å². The summed E-state index contributed by atoms with van der Waals surface area (Å²) in [6, 6.07) is 26.9. The number of amides is 2. The van der Waals surface area contributed by atoms with Gasteiger partial charge in [0.2, 0.25) is 5.91 Å². The summed E-state index contributed by atoms with van der Waals surface area (Å²) >= 11 is 0.626. The highest BCUT2D eigenvalue weighted by molar-refractivity contribution is 7.95. The van der Waals surface area contributed by atoms with Crippen LogP contribution in [0, 0.1) is 5.92 Å². The van der Waals surface area contributed by atoms with Crippen LogP contribution < -0.4 is 37.0 Å². The lowest BCUT2D eigenvalue weighted by Crippen LogP contribution is -2.37. The Hall–Kier alpha value is -5.13.